The molecule has 7 heteroatoms. The third kappa shape index (κ3) is 6.00. The zero-order valence-electron chi connectivity index (χ0n) is 17.9. The zero-order valence-corrected chi connectivity index (χ0v) is 18.7. The Kier molecular flexibility index (Phi) is 7.56. The lowest BCUT2D eigenvalue weighted by atomic mass is 9.90. The summed E-state index contributed by atoms with van der Waals surface area (Å²) in [6.45, 7) is 12.1. The third-order valence-corrected chi connectivity index (χ3v) is 7.69. The van der Waals surface area contributed by atoms with Crippen LogP contribution in [0, 0.1) is 18.8 Å². The van der Waals surface area contributed by atoms with Gasteiger partial charge in [-0.1, -0.05) is 0 Å². The Hall–Kier alpha value is -1.02. The number of aryl methyl sites for hydroxylation is 1. The van der Waals surface area contributed by atoms with Crippen LogP contribution in [-0.2, 0) is 16.1 Å². The second-order valence-electron chi connectivity index (χ2n) is 8.92. The first-order valence-corrected chi connectivity index (χ1v) is 12.3. The van der Waals surface area contributed by atoms with Crippen molar-refractivity contribution in [1.82, 2.24) is 19.7 Å². The number of ether oxygens (including phenoxy) is 1. The second-order valence-corrected chi connectivity index (χ2v) is 9.98. The van der Waals surface area contributed by atoms with Crippen LogP contribution in [0.2, 0.25) is 0 Å². The summed E-state index contributed by atoms with van der Waals surface area (Å²) in [5.41, 5.74) is 1.18. The van der Waals surface area contributed by atoms with Crippen LogP contribution in [0.3, 0.4) is 0 Å². The van der Waals surface area contributed by atoms with Crippen molar-refractivity contribution in [2.75, 3.05) is 59.0 Å². The molecule has 0 radical (unpaired) electrons. The standard InChI is InChI=1S/C22H36N4O2S/c1-18-23-21(17-29-18)16-25-8-5-20(6-9-25)22(27)26-10-3-19(4-11-26)2-7-24-12-14-28-15-13-24/h17,19-20H,2-16H2,1H3. The van der Waals surface area contributed by atoms with Gasteiger partial charge in [-0.25, -0.2) is 4.98 Å². The monoisotopic (exact) mass is 420 g/mol. The predicted molar refractivity (Wildman–Crippen MR) is 116 cm³/mol. The van der Waals surface area contributed by atoms with E-state index in [1.165, 1.54) is 31.5 Å². The molecule has 0 bridgehead atoms. The zero-order chi connectivity index (χ0) is 20.1. The number of morpholine rings is 1. The van der Waals surface area contributed by atoms with Crippen LogP contribution in [0.25, 0.3) is 0 Å². The van der Waals surface area contributed by atoms with E-state index in [2.05, 4.69) is 32.0 Å². The number of piperidine rings is 2. The number of hydrogen-bond donors (Lipinski definition) is 0. The van der Waals surface area contributed by atoms with Crippen LogP contribution in [0.4, 0.5) is 0 Å². The van der Waals surface area contributed by atoms with Crippen LogP contribution in [0.1, 0.15) is 42.8 Å². The van der Waals surface area contributed by atoms with Gasteiger partial charge in [-0.15, -0.1) is 11.3 Å². The van der Waals surface area contributed by atoms with Crippen molar-refractivity contribution in [2.24, 2.45) is 11.8 Å². The van der Waals surface area contributed by atoms with Crippen molar-refractivity contribution in [3.8, 4) is 0 Å². The molecular weight excluding hydrogens is 384 g/mol. The van der Waals surface area contributed by atoms with E-state index in [1.54, 1.807) is 11.3 Å². The van der Waals surface area contributed by atoms with E-state index in [9.17, 15) is 4.79 Å². The quantitative estimate of drug-likeness (QED) is 0.708. The van der Waals surface area contributed by atoms with Crippen LogP contribution < -0.4 is 0 Å². The Balaban J connectivity index is 1.14. The summed E-state index contributed by atoms with van der Waals surface area (Å²) in [5.74, 6) is 1.43. The number of hydrogen-bond acceptors (Lipinski definition) is 6. The van der Waals surface area contributed by atoms with E-state index in [4.69, 9.17) is 4.74 Å². The minimum atomic E-state index is 0.230. The van der Waals surface area contributed by atoms with E-state index in [1.807, 2.05) is 0 Å². The summed E-state index contributed by atoms with van der Waals surface area (Å²) in [5, 5.41) is 3.30. The van der Waals surface area contributed by atoms with Crippen molar-refractivity contribution in [2.45, 2.75) is 45.6 Å². The highest BCUT2D eigenvalue weighted by Crippen LogP contribution is 2.26. The van der Waals surface area contributed by atoms with Crippen molar-refractivity contribution < 1.29 is 9.53 Å². The molecule has 0 aliphatic carbocycles. The van der Waals surface area contributed by atoms with Gasteiger partial charge in [-0.2, -0.15) is 0 Å². The normalized spacial score (nSPS) is 23.6. The van der Waals surface area contributed by atoms with E-state index >= 15 is 0 Å². The summed E-state index contributed by atoms with van der Waals surface area (Å²) < 4.78 is 5.44. The third-order valence-electron chi connectivity index (χ3n) is 6.87. The van der Waals surface area contributed by atoms with Gasteiger partial charge < -0.3 is 9.64 Å². The van der Waals surface area contributed by atoms with Crippen molar-refractivity contribution in [1.29, 1.82) is 0 Å². The molecule has 0 spiro atoms. The average molecular weight is 421 g/mol. The molecule has 1 amide bonds. The Labute approximate surface area is 179 Å². The molecule has 4 heterocycles. The number of aromatic nitrogens is 1. The molecule has 3 saturated heterocycles. The number of rotatable bonds is 6. The van der Waals surface area contributed by atoms with Gasteiger partial charge in [0, 0.05) is 44.0 Å². The van der Waals surface area contributed by atoms with Crippen LogP contribution in [0.5, 0.6) is 0 Å². The van der Waals surface area contributed by atoms with Gasteiger partial charge in [-0.3, -0.25) is 14.6 Å². The molecule has 0 N–H and O–H groups in total. The SMILES string of the molecule is Cc1nc(CN2CCC(C(=O)N3CCC(CCN4CCOCC4)CC3)CC2)cs1. The number of amides is 1. The molecule has 3 aliphatic rings. The maximum Gasteiger partial charge on any atom is 0.225 e. The molecule has 3 fully saturated rings. The molecule has 0 unspecified atom stereocenters. The summed E-state index contributed by atoms with van der Waals surface area (Å²) in [6.07, 6.45) is 5.63. The van der Waals surface area contributed by atoms with Crippen LogP contribution in [0.15, 0.2) is 5.38 Å². The summed E-state index contributed by atoms with van der Waals surface area (Å²) in [4.78, 5) is 24.7. The fourth-order valence-corrected chi connectivity index (χ4v) is 5.54. The summed E-state index contributed by atoms with van der Waals surface area (Å²) in [6, 6.07) is 0. The highest BCUT2D eigenvalue weighted by atomic mass is 32.1. The molecule has 1 aromatic rings. The Morgan fingerprint density at radius 1 is 1.07 bits per heavy atom. The fourth-order valence-electron chi connectivity index (χ4n) is 4.94. The largest absolute Gasteiger partial charge is 0.379 e. The smallest absolute Gasteiger partial charge is 0.225 e. The molecule has 1 aromatic heterocycles. The lowest BCUT2D eigenvalue weighted by Gasteiger charge is -2.37. The average Bonchev–Trinajstić information content (AvgIpc) is 3.18. The van der Waals surface area contributed by atoms with Crippen molar-refractivity contribution in [3.05, 3.63) is 16.1 Å². The van der Waals surface area contributed by atoms with Gasteiger partial charge in [0.05, 0.1) is 23.9 Å². The fraction of sp³-hybridized carbons (Fsp3) is 0.818. The number of nitrogens with zero attached hydrogens (tertiary/aromatic N) is 4. The topological polar surface area (TPSA) is 48.9 Å². The van der Waals surface area contributed by atoms with E-state index in [-0.39, 0.29) is 5.92 Å². The lowest BCUT2D eigenvalue weighted by molar-refractivity contribution is -0.138. The minimum Gasteiger partial charge on any atom is -0.379 e. The number of carbonyl (C=O) groups is 1. The summed E-state index contributed by atoms with van der Waals surface area (Å²) >= 11 is 1.72. The minimum absolute atomic E-state index is 0.230. The van der Waals surface area contributed by atoms with Crippen LogP contribution >= 0.6 is 11.3 Å². The summed E-state index contributed by atoms with van der Waals surface area (Å²) in [7, 11) is 0. The maximum atomic E-state index is 13.0. The second kappa shape index (κ2) is 10.3. The number of carbonyl (C=O) groups excluding carboxylic acids is 1. The molecular formula is C22H36N4O2S. The van der Waals surface area contributed by atoms with Gasteiger partial charge in [0.15, 0.2) is 0 Å². The molecule has 4 rings (SSSR count). The van der Waals surface area contributed by atoms with E-state index in [0.717, 1.165) is 82.8 Å². The number of likely N-dealkylation sites (tertiary alicyclic amines) is 2. The maximum absolute atomic E-state index is 13.0. The molecule has 29 heavy (non-hydrogen) atoms. The van der Waals surface area contributed by atoms with E-state index in [0.29, 0.717) is 5.91 Å². The first kappa shape index (κ1) is 21.2. The molecule has 162 valence electrons. The van der Waals surface area contributed by atoms with Gasteiger partial charge in [0.1, 0.15) is 0 Å². The van der Waals surface area contributed by atoms with Crippen LogP contribution in [-0.4, -0.2) is 84.6 Å². The molecule has 6 nitrogen and oxygen atoms in total. The molecule has 0 saturated carbocycles. The van der Waals surface area contributed by atoms with Gasteiger partial charge >= 0.3 is 0 Å². The first-order valence-electron chi connectivity index (χ1n) is 11.4. The number of thiazole rings is 1. The Morgan fingerprint density at radius 3 is 2.45 bits per heavy atom. The first-order chi connectivity index (χ1) is 14.2. The van der Waals surface area contributed by atoms with Gasteiger partial charge in [-0.05, 0) is 64.6 Å². The molecule has 3 aliphatic heterocycles. The molecule has 0 atom stereocenters. The van der Waals surface area contributed by atoms with Crippen molar-refractivity contribution >= 4 is 17.2 Å². The molecule has 0 aromatic carbocycles. The Bertz CT molecular complexity index is 645. The van der Waals surface area contributed by atoms with E-state index < -0.39 is 0 Å². The van der Waals surface area contributed by atoms with Gasteiger partial charge in [0.2, 0.25) is 5.91 Å². The lowest BCUT2D eigenvalue weighted by Crippen LogP contribution is -2.45. The van der Waals surface area contributed by atoms with Crippen molar-refractivity contribution in [3.63, 3.8) is 0 Å². The predicted octanol–water partition coefficient (Wildman–Crippen LogP) is 2.62. The highest BCUT2D eigenvalue weighted by Gasteiger charge is 2.31. The highest BCUT2D eigenvalue weighted by molar-refractivity contribution is 7.09. The Morgan fingerprint density at radius 2 is 1.79 bits per heavy atom. The van der Waals surface area contributed by atoms with Gasteiger partial charge in [0.25, 0.3) is 0 Å².